The van der Waals surface area contributed by atoms with E-state index in [2.05, 4.69) is 5.16 Å². The third kappa shape index (κ3) is 3.04. The summed E-state index contributed by atoms with van der Waals surface area (Å²) in [7, 11) is 1.55. The van der Waals surface area contributed by atoms with Gasteiger partial charge in [-0.1, -0.05) is 11.2 Å². The summed E-state index contributed by atoms with van der Waals surface area (Å²) in [5.74, 6) is 0.363. The van der Waals surface area contributed by atoms with Crippen molar-refractivity contribution in [2.45, 2.75) is 13.5 Å². The van der Waals surface area contributed by atoms with E-state index in [1.165, 1.54) is 6.07 Å². The molecule has 6 nitrogen and oxygen atoms in total. The summed E-state index contributed by atoms with van der Waals surface area (Å²) in [6.07, 6.45) is 0. The average molecular weight is 263 g/mol. The summed E-state index contributed by atoms with van der Waals surface area (Å²) in [6.45, 7) is 2.03. The first kappa shape index (κ1) is 12.9. The van der Waals surface area contributed by atoms with Gasteiger partial charge in [0.2, 0.25) is 0 Å². The van der Waals surface area contributed by atoms with Crippen LogP contribution in [0.4, 0.5) is 0 Å². The molecule has 0 aliphatic carbocycles. The third-order valence-electron chi connectivity index (χ3n) is 2.47. The fourth-order valence-electron chi connectivity index (χ4n) is 1.52. The Labute approximate surface area is 109 Å². The van der Waals surface area contributed by atoms with Crippen molar-refractivity contribution < 1.29 is 23.9 Å². The van der Waals surface area contributed by atoms with Gasteiger partial charge in [0.25, 0.3) is 0 Å². The molecule has 0 atom stereocenters. The molecule has 0 spiro atoms. The van der Waals surface area contributed by atoms with Gasteiger partial charge in [-0.15, -0.1) is 0 Å². The summed E-state index contributed by atoms with van der Waals surface area (Å²) in [4.78, 5) is 10.6. The number of ether oxygens (including phenoxy) is 2. The molecule has 1 N–H and O–H groups in total. The first-order valence-electron chi connectivity index (χ1n) is 5.56. The maximum absolute atomic E-state index is 10.6. The smallest absolute Gasteiger partial charge is 0.358 e. The lowest BCUT2D eigenvalue weighted by atomic mass is 10.2. The monoisotopic (exact) mass is 263 g/mol. The van der Waals surface area contributed by atoms with Gasteiger partial charge in [-0.25, -0.2) is 4.79 Å². The maximum atomic E-state index is 10.6. The average Bonchev–Trinajstić information content (AvgIpc) is 2.86. The number of carboxylic acids is 1. The first-order valence-corrected chi connectivity index (χ1v) is 5.56. The molecule has 0 saturated heterocycles. The van der Waals surface area contributed by atoms with Gasteiger partial charge >= 0.3 is 5.97 Å². The first-order chi connectivity index (χ1) is 9.10. The second-order valence-electron chi connectivity index (χ2n) is 3.93. The fourth-order valence-corrected chi connectivity index (χ4v) is 1.52. The summed E-state index contributed by atoms with van der Waals surface area (Å²) in [5, 5.41) is 12.1. The van der Waals surface area contributed by atoms with E-state index in [4.69, 9.17) is 19.1 Å². The van der Waals surface area contributed by atoms with E-state index in [1.54, 1.807) is 13.2 Å². The Morgan fingerprint density at radius 1 is 1.37 bits per heavy atom. The van der Waals surface area contributed by atoms with E-state index >= 15 is 0 Å². The number of aryl methyl sites for hydroxylation is 1. The number of rotatable bonds is 5. The zero-order valence-electron chi connectivity index (χ0n) is 10.5. The molecule has 100 valence electrons. The fraction of sp³-hybridized carbons (Fsp3) is 0.231. The van der Waals surface area contributed by atoms with Gasteiger partial charge in [-0.05, 0) is 24.6 Å². The standard InChI is InChI=1S/C13H13NO5/c1-8-3-4-11(12(5-8)17-2)18-7-9-6-10(13(15)16)14-19-9/h3-6H,7H2,1-2H3,(H,15,16). The van der Waals surface area contributed by atoms with Crippen LogP contribution in [0, 0.1) is 6.92 Å². The van der Waals surface area contributed by atoms with Crippen LogP contribution in [0.25, 0.3) is 0 Å². The number of aromatic nitrogens is 1. The molecule has 0 fully saturated rings. The molecular formula is C13H13NO5. The molecule has 0 radical (unpaired) electrons. The summed E-state index contributed by atoms with van der Waals surface area (Å²) >= 11 is 0. The molecular weight excluding hydrogens is 250 g/mol. The largest absolute Gasteiger partial charge is 0.493 e. The topological polar surface area (TPSA) is 81.8 Å². The zero-order valence-corrected chi connectivity index (χ0v) is 10.5. The van der Waals surface area contributed by atoms with E-state index < -0.39 is 5.97 Å². The summed E-state index contributed by atoms with van der Waals surface area (Å²) in [5.41, 5.74) is 0.909. The molecule has 0 amide bonds. The Morgan fingerprint density at radius 2 is 2.16 bits per heavy atom. The molecule has 1 aromatic heterocycles. The zero-order chi connectivity index (χ0) is 13.8. The Hall–Kier alpha value is -2.50. The molecule has 0 aliphatic rings. The Kier molecular flexibility index (Phi) is 3.70. The third-order valence-corrected chi connectivity index (χ3v) is 2.47. The normalized spacial score (nSPS) is 10.2. The highest BCUT2D eigenvalue weighted by molar-refractivity contribution is 5.85. The Morgan fingerprint density at radius 3 is 2.79 bits per heavy atom. The van der Waals surface area contributed by atoms with E-state index in [0.717, 1.165) is 5.56 Å². The van der Waals surface area contributed by atoms with Gasteiger partial charge in [-0.2, -0.15) is 0 Å². The lowest BCUT2D eigenvalue weighted by Gasteiger charge is -2.09. The van der Waals surface area contributed by atoms with E-state index in [-0.39, 0.29) is 12.3 Å². The molecule has 6 heteroatoms. The van der Waals surface area contributed by atoms with Crippen LogP contribution >= 0.6 is 0 Å². The molecule has 0 bridgehead atoms. The van der Waals surface area contributed by atoms with Crippen LogP contribution in [0.5, 0.6) is 11.5 Å². The van der Waals surface area contributed by atoms with Crippen molar-refractivity contribution in [1.82, 2.24) is 5.16 Å². The number of carboxylic acid groups (broad SMARTS) is 1. The minimum atomic E-state index is -1.14. The highest BCUT2D eigenvalue weighted by atomic mass is 16.5. The number of benzene rings is 1. The lowest BCUT2D eigenvalue weighted by molar-refractivity contribution is 0.0685. The molecule has 2 aromatic rings. The number of hydrogen-bond donors (Lipinski definition) is 1. The van der Waals surface area contributed by atoms with Crippen molar-refractivity contribution in [3.63, 3.8) is 0 Å². The Balaban J connectivity index is 2.07. The molecule has 0 saturated carbocycles. The van der Waals surface area contributed by atoms with Crippen molar-refractivity contribution in [3.8, 4) is 11.5 Å². The lowest BCUT2D eigenvalue weighted by Crippen LogP contribution is -1.97. The van der Waals surface area contributed by atoms with Gasteiger partial charge in [0.05, 0.1) is 7.11 Å². The predicted molar refractivity (Wildman–Crippen MR) is 65.5 cm³/mol. The van der Waals surface area contributed by atoms with Crippen molar-refractivity contribution in [1.29, 1.82) is 0 Å². The minimum Gasteiger partial charge on any atom is -0.493 e. The molecule has 19 heavy (non-hydrogen) atoms. The van der Waals surface area contributed by atoms with Gasteiger partial charge in [0.1, 0.15) is 6.61 Å². The van der Waals surface area contributed by atoms with Crippen molar-refractivity contribution in [3.05, 3.63) is 41.3 Å². The van der Waals surface area contributed by atoms with Gasteiger partial charge in [0.15, 0.2) is 23.0 Å². The van der Waals surface area contributed by atoms with E-state index in [9.17, 15) is 4.79 Å². The Bertz CT molecular complexity index is 590. The molecule has 0 unspecified atom stereocenters. The van der Waals surface area contributed by atoms with Gasteiger partial charge in [-0.3, -0.25) is 0 Å². The highest BCUT2D eigenvalue weighted by Gasteiger charge is 2.12. The van der Waals surface area contributed by atoms with E-state index in [0.29, 0.717) is 17.3 Å². The van der Waals surface area contributed by atoms with Crippen molar-refractivity contribution >= 4 is 5.97 Å². The van der Waals surface area contributed by atoms with Crippen molar-refractivity contribution in [2.75, 3.05) is 7.11 Å². The number of nitrogens with zero attached hydrogens (tertiary/aromatic N) is 1. The van der Waals surface area contributed by atoms with Gasteiger partial charge < -0.3 is 19.1 Å². The predicted octanol–water partition coefficient (Wildman–Crippen LogP) is 2.27. The quantitative estimate of drug-likeness (QED) is 0.891. The second-order valence-corrected chi connectivity index (χ2v) is 3.93. The van der Waals surface area contributed by atoms with Crippen LogP contribution in [0.2, 0.25) is 0 Å². The maximum Gasteiger partial charge on any atom is 0.358 e. The minimum absolute atomic E-state index is 0.0830. The van der Waals surface area contributed by atoms with Crippen LogP contribution in [0.15, 0.2) is 28.8 Å². The number of carbonyl (C=O) groups is 1. The summed E-state index contributed by atoms with van der Waals surface area (Å²) < 4.78 is 15.6. The van der Waals surface area contributed by atoms with Crippen LogP contribution < -0.4 is 9.47 Å². The number of aromatic carboxylic acids is 1. The van der Waals surface area contributed by atoms with Crippen LogP contribution in [-0.2, 0) is 6.61 Å². The molecule has 1 aromatic carbocycles. The number of hydrogen-bond acceptors (Lipinski definition) is 5. The number of methoxy groups -OCH3 is 1. The van der Waals surface area contributed by atoms with Crippen LogP contribution in [0.1, 0.15) is 21.8 Å². The van der Waals surface area contributed by atoms with Crippen LogP contribution in [-0.4, -0.2) is 23.3 Å². The second kappa shape index (κ2) is 5.43. The van der Waals surface area contributed by atoms with Crippen LogP contribution in [0.3, 0.4) is 0 Å². The van der Waals surface area contributed by atoms with E-state index in [1.807, 2.05) is 19.1 Å². The van der Waals surface area contributed by atoms with Gasteiger partial charge in [0, 0.05) is 6.07 Å². The molecule has 0 aliphatic heterocycles. The van der Waals surface area contributed by atoms with Crippen molar-refractivity contribution in [2.24, 2.45) is 0 Å². The highest BCUT2D eigenvalue weighted by Crippen LogP contribution is 2.28. The summed E-state index contributed by atoms with van der Waals surface area (Å²) in [6, 6.07) is 6.84. The SMILES string of the molecule is COc1cc(C)ccc1OCc1cc(C(=O)O)no1. The molecule has 1 heterocycles. The molecule has 2 rings (SSSR count).